The molecule has 2 rings (SSSR count). The Hall–Kier alpha value is -2.24. The standard InChI is InChI=1S/C15H22N4O2/c1-3-5-7-10-9(6-4-2)8-11(18-10)13-12(15(17)20)14(16)19-21-13/h8,18H,3-7H2,1-2H3,(H2,16,19)(H2,17,20). The van der Waals surface area contributed by atoms with Crippen molar-refractivity contribution in [3.05, 3.63) is 22.9 Å². The van der Waals surface area contributed by atoms with Crippen LogP contribution in [0.3, 0.4) is 0 Å². The first-order valence-corrected chi connectivity index (χ1v) is 7.34. The molecule has 0 bridgehead atoms. The molecular formula is C15H22N4O2. The van der Waals surface area contributed by atoms with Crippen LogP contribution in [0, 0.1) is 0 Å². The topological polar surface area (TPSA) is 111 Å². The van der Waals surface area contributed by atoms with E-state index in [-0.39, 0.29) is 11.4 Å². The second-order valence-electron chi connectivity index (χ2n) is 5.18. The van der Waals surface area contributed by atoms with Crippen molar-refractivity contribution >= 4 is 11.7 Å². The average Bonchev–Trinajstić information content (AvgIpc) is 3.00. The lowest BCUT2D eigenvalue weighted by Gasteiger charge is -2.01. The number of nitrogen functional groups attached to an aromatic ring is 1. The molecule has 0 aliphatic rings. The van der Waals surface area contributed by atoms with Crippen LogP contribution in [0.5, 0.6) is 0 Å². The lowest BCUT2D eigenvalue weighted by molar-refractivity contribution is 0.100. The highest BCUT2D eigenvalue weighted by molar-refractivity contribution is 6.02. The van der Waals surface area contributed by atoms with E-state index in [2.05, 4.69) is 24.0 Å². The first-order chi connectivity index (χ1) is 10.1. The summed E-state index contributed by atoms with van der Waals surface area (Å²) in [6.45, 7) is 4.29. The number of rotatable bonds is 7. The van der Waals surface area contributed by atoms with Gasteiger partial charge in [-0.05, 0) is 30.9 Å². The zero-order valence-electron chi connectivity index (χ0n) is 12.5. The van der Waals surface area contributed by atoms with E-state index in [4.69, 9.17) is 16.0 Å². The molecule has 0 radical (unpaired) electrons. The van der Waals surface area contributed by atoms with E-state index in [1.54, 1.807) is 0 Å². The summed E-state index contributed by atoms with van der Waals surface area (Å²) in [6.07, 6.45) is 5.24. The number of aryl methyl sites for hydroxylation is 2. The van der Waals surface area contributed by atoms with Crippen molar-refractivity contribution in [2.45, 2.75) is 46.0 Å². The van der Waals surface area contributed by atoms with Crippen LogP contribution in [0.4, 0.5) is 5.82 Å². The number of hydrogen-bond donors (Lipinski definition) is 3. The highest BCUT2D eigenvalue weighted by Crippen LogP contribution is 2.29. The SMILES string of the molecule is CCCCc1[nH]c(-c2onc(N)c2C(N)=O)cc1CCC. The van der Waals surface area contributed by atoms with Crippen molar-refractivity contribution in [3.63, 3.8) is 0 Å². The van der Waals surface area contributed by atoms with E-state index in [9.17, 15) is 4.79 Å². The van der Waals surface area contributed by atoms with Gasteiger partial charge in [-0.3, -0.25) is 4.79 Å². The second kappa shape index (κ2) is 6.47. The smallest absolute Gasteiger partial charge is 0.256 e. The third-order valence-corrected chi connectivity index (χ3v) is 3.50. The number of aromatic nitrogens is 2. The monoisotopic (exact) mass is 290 g/mol. The van der Waals surface area contributed by atoms with E-state index in [0.717, 1.165) is 32.1 Å². The Labute approximate surface area is 123 Å². The van der Waals surface area contributed by atoms with Crippen LogP contribution in [0.1, 0.15) is 54.7 Å². The number of nitrogens with zero attached hydrogens (tertiary/aromatic N) is 1. The van der Waals surface area contributed by atoms with Crippen LogP contribution in [0.15, 0.2) is 10.6 Å². The van der Waals surface area contributed by atoms with Crippen molar-refractivity contribution in [1.29, 1.82) is 0 Å². The predicted molar refractivity (Wildman–Crippen MR) is 81.8 cm³/mol. The van der Waals surface area contributed by atoms with Gasteiger partial charge in [0.15, 0.2) is 11.6 Å². The van der Waals surface area contributed by atoms with E-state index in [1.807, 2.05) is 6.07 Å². The van der Waals surface area contributed by atoms with Gasteiger partial charge in [-0.15, -0.1) is 0 Å². The summed E-state index contributed by atoms with van der Waals surface area (Å²) >= 11 is 0. The molecule has 0 saturated carbocycles. The Morgan fingerprint density at radius 2 is 2.10 bits per heavy atom. The van der Waals surface area contributed by atoms with Crippen molar-refractivity contribution < 1.29 is 9.32 Å². The number of carbonyl (C=O) groups is 1. The molecule has 5 N–H and O–H groups in total. The minimum atomic E-state index is -0.634. The molecule has 0 unspecified atom stereocenters. The number of carbonyl (C=O) groups excluding carboxylic acids is 1. The molecule has 2 aromatic heterocycles. The Kier molecular flexibility index (Phi) is 4.67. The van der Waals surface area contributed by atoms with Crippen molar-refractivity contribution in [1.82, 2.24) is 10.1 Å². The van der Waals surface area contributed by atoms with Gasteiger partial charge in [0.25, 0.3) is 5.91 Å². The van der Waals surface area contributed by atoms with E-state index < -0.39 is 5.91 Å². The number of aromatic amines is 1. The van der Waals surface area contributed by atoms with Gasteiger partial charge in [0, 0.05) is 5.69 Å². The molecule has 21 heavy (non-hydrogen) atoms. The molecule has 0 aliphatic heterocycles. The van der Waals surface area contributed by atoms with Gasteiger partial charge in [0.1, 0.15) is 5.56 Å². The normalized spacial score (nSPS) is 11.0. The van der Waals surface area contributed by atoms with Gasteiger partial charge in [-0.1, -0.05) is 31.8 Å². The summed E-state index contributed by atoms with van der Waals surface area (Å²) in [6, 6.07) is 2.00. The maximum atomic E-state index is 11.5. The number of unbranched alkanes of at least 4 members (excludes halogenated alkanes) is 1. The van der Waals surface area contributed by atoms with E-state index >= 15 is 0 Å². The molecule has 114 valence electrons. The lowest BCUT2D eigenvalue weighted by atomic mass is 10.1. The van der Waals surface area contributed by atoms with Gasteiger partial charge < -0.3 is 21.0 Å². The van der Waals surface area contributed by atoms with Crippen LogP contribution < -0.4 is 11.5 Å². The molecule has 0 atom stereocenters. The third-order valence-electron chi connectivity index (χ3n) is 3.50. The quantitative estimate of drug-likeness (QED) is 0.727. The first-order valence-electron chi connectivity index (χ1n) is 7.34. The maximum Gasteiger partial charge on any atom is 0.256 e. The molecular weight excluding hydrogens is 268 g/mol. The predicted octanol–water partition coefficient (Wildman–Crippen LogP) is 2.65. The summed E-state index contributed by atoms with van der Waals surface area (Å²) in [5.41, 5.74) is 14.3. The Balaban J connectivity index is 2.42. The van der Waals surface area contributed by atoms with Crippen LogP contribution >= 0.6 is 0 Å². The molecule has 0 aromatic carbocycles. The first kappa shape index (κ1) is 15.2. The van der Waals surface area contributed by atoms with Gasteiger partial charge in [-0.25, -0.2) is 0 Å². The van der Waals surface area contributed by atoms with Crippen LogP contribution in [0.25, 0.3) is 11.5 Å². The van der Waals surface area contributed by atoms with E-state index in [0.29, 0.717) is 11.5 Å². The summed E-state index contributed by atoms with van der Waals surface area (Å²) in [7, 11) is 0. The number of nitrogens with two attached hydrogens (primary N) is 2. The number of amides is 1. The Morgan fingerprint density at radius 3 is 2.71 bits per heavy atom. The zero-order valence-corrected chi connectivity index (χ0v) is 12.5. The number of hydrogen-bond acceptors (Lipinski definition) is 4. The molecule has 2 aromatic rings. The summed E-state index contributed by atoms with van der Waals surface area (Å²) < 4.78 is 5.19. The Morgan fingerprint density at radius 1 is 1.33 bits per heavy atom. The molecule has 0 aliphatic carbocycles. The van der Waals surface area contributed by atoms with E-state index in [1.165, 1.54) is 11.3 Å². The van der Waals surface area contributed by atoms with Crippen molar-refractivity contribution in [3.8, 4) is 11.5 Å². The number of nitrogens with one attached hydrogen (secondary N) is 1. The number of anilines is 1. The maximum absolute atomic E-state index is 11.5. The summed E-state index contributed by atoms with van der Waals surface area (Å²) in [5, 5.41) is 3.64. The van der Waals surface area contributed by atoms with Crippen LogP contribution in [0.2, 0.25) is 0 Å². The minimum absolute atomic E-state index is 0.0271. The molecule has 6 nitrogen and oxygen atoms in total. The molecule has 6 heteroatoms. The fourth-order valence-electron chi connectivity index (χ4n) is 2.46. The number of H-pyrrole nitrogens is 1. The fraction of sp³-hybridized carbons (Fsp3) is 0.467. The van der Waals surface area contributed by atoms with Gasteiger partial charge >= 0.3 is 0 Å². The summed E-state index contributed by atoms with van der Waals surface area (Å²) in [5.74, 6) is -0.287. The minimum Gasteiger partial charge on any atom is -0.380 e. The lowest BCUT2D eigenvalue weighted by Crippen LogP contribution is -2.13. The molecule has 1 amide bonds. The van der Waals surface area contributed by atoms with Gasteiger partial charge in [0.05, 0.1) is 5.69 Å². The molecule has 0 spiro atoms. The van der Waals surface area contributed by atoms with Gasteiger partial charge in [0.2, 0.25) is 0 Å². The highest BCUT2D eigenvalue weighted by Gasteiger charge is 2.22. The molecule has 0 fully saturated rings. The third kappa shape index (κ3) is 3.09. The zero-order chi connectivity index (χ0) is 15.4. The Bertz CT molecular complexity index is 628. The molecule has 2 heterocycles. The highest BCUT2D eigenvalue weighted by atomic mass is 16.5. The largest absolute Gasteiger partial charge is 0.380 e. The average molecular weight is 290 g/mol. The fourth-order valence-corrected chi connectivity index (χ4v) is 2.46. The van der Waals surface area contributed by atoms with Crippen molar-refractivity contribution in [2.24, 2.45) is 5.73 Å². The van der Waals surface area contributed by atoms with Crippen molar-refractivity contribution in [2.75, 3.05) is 5.73 Å². The second-order valence-corrected chi connectivity index (χ2v) is 5.18. The number of primary amides is 1. The van der Waals surface area contributed by atoms with Crippen LogP contribution in [-0.4, -0.2) is 16.0 Å². The van der Waals surface area contributed by atoms with Gasteiger partial charge in [-0.2, -0.15) is 0 Å². The summed E-state index contributed by atoms with van der Waals surface area (Å²) in [4.78, 5) is 14.8. The van der Waals surface area contributed by atoms with Crippen LogP contribution in [-0.2, 0) is 12.8 Å². The molecule has 0 saturated heterocycles.